The van der Waals surface area contributed by atoms with Crippen LogP contribution in [0.2, 0.25) is 0 Å². The maximum absolute atomic E-state index is 8.83. The molecule has 1 unspecified atom stereocenters. The van der Waals surface area contributed by atoms with Gasteiger partial charge in [-0.1, -0.05) is 0 Å². The van der Waals surface area contributed by atoms with Gasteiger partial charge in [0.05, 0.1) is 12.2 Å². The van der Waals surface area contributed by atoms with E-state index in [-0.39, 0.29) is 12.2 Å². The molecule has 0 rings (SSSR count). The molecule has 0 saturated heterocycles. The lowest BCUT2D eigenvalue weighted by atomic mass is 10.3. The summed E-state index contributed by atoms with van der Waals surface area (Å²) in [6, 6.07) is 0. The van der Waals surface area contributed by atoms with Gasteiger partial charge in [-0.25, -0.2) is 0 Å². The number of hydrogen-bond acceptors (Lipinski definition) is 3. The van der Waals surface area contributed by atoms with Gasteiger partial charge in [0.25, 0.3) is 0 Å². The van der Waals surface area contributed by atoms with E-state index < -0.39 is 0 Å². The van der Waals surface area contributed by atoms with E-state index in [2.05, 4.69) is 0 Å². The van der Waals surface area contributed by atoms with Gasteiger partial charge >= 0.3 is 0 Å². The quantitative estimate of drug-likeness (QED) is 0.561. The zero-order valence-corrected chi connectivity index (χ0v) is 7.29. The van der Waals surface area contributed by atoms with Crippen molar-refractivity contribution < 1.29 is 14.9 Å². The third-order valence-electron chi connectivity index (χ3n) is 1.36. The van der Waals surface area contributed by atoms with Crippen LogP contribution in [0.1, 0.15) is 26.7 Å². The number of aliphatic hydroxyl groups is 2. The first-order chi connectivity index (χ1) is 5.13. The van der Waals surface area contributed by atoms with Gasteiger partial charge in [-0.05, 0) is 26.7 Å². The van der Waals surface area contributed by atoms with Crippen molar-refractivity contribution in [3.63, 3.8) is 0 Å². The summed E-state index contributed by atoms with van der Waals surface area (Å²) in [6.07, 6.45) is 0.752. The summed E-state index contributed by atoms with van der Waals surface area (Å²) in [6.45, 7) is 4.62. The average Bonchev–Trinajstić information content (AvgIpc) is 1.85. The predicted octanol–water partition coefficient (Wildman–Crippen LogP) is 0.545. The molecule has 0 aliphatic heterocycles. The van der Waals surface area contributed by atoms with Crippen molar-refractivity contribution in [2.24, 2.45) is 0 Å². The van der Waals surface area contributed by atoms with Crippen molar-refractivity contribution in [1.82, 2.24) is 0 Å². The van der Waals surface area contributed by atoms with Crippen molar-refractivity contribution in [1.29, 1.82) is 0 Å². The van der Waals surface area contributed by atoms with Crippen molar-refractivity contribution in [3.8, 4) is 0 Å². The molecule has 0 saturated carbocycles. The van der Waals surface area contributed by atoms with Crippen LogP contribution in [0.4, 0.5) is 0 Å². The third-order valence-corrected chi connectivity index (χ3v) is 1.36. The summed E-state index contributed by atoms with van der Waals surface area (Å²) in [5, 5.41) is 17.7. The molecule has 0 aromatic carbocycles. The van der Waals surface area contributed by atoms with Crippen molar-refractivity contribution >= 4 is 0 Å². The molecule has 0 aromatic rings. The van der Waals surface area contributed by atoms with E-state index in [1.807, 2.05) is 0 Å². The zero-order valence-electron chi connectivity index (χ0n) is 7.29. The molecule has 2 N–H and O–H groups in total. The standard InChI is InChI=1S/C8H18O3/c1-7(9)3-5-11-6-4-8(2)10/h7-10H,3-6H2,1-2H3/t7-,8?/m0/s1. The van der Waals surface area contributed by atoms with Crippen LogP contribution >= 0.6 is 0 Å². The van der Waals surface area contributed by atoms with E-state index in [0.717, 1.165) is 0 Å². The van der Waals surface area contributed by atoms with Crippen molar-refractivity contribution in [3.05, 3.63) is 0 Å². The second kappa shape index (κ2) is 6.58. The first-order valence-corrected chi connectivity index (χ1v) is 4.06. The van der Waals surface area contributed by atoms with Crippen LogP contribution in [-0.2, 0) is 4.74 Å². The molecule has 0 amide bonds. The van der Waals surface area contributed by atoms with Crippen LogP contribution in [-0.4, -0.2) is 35.6 Å². The van der Waals surface area contributed by atoms with E-state index in [0.29, 0.717) is 26.1 Å². The lowest BCUT2D eigenvalue weighted by Gasteiger charge is -2.06. The molecular weight excluding hydrogens is 144 g/mol. The van der Waals surface area contributed by atoms with E-state index in [4.69, 9.17) is 14.9 Å². The topological polar surface area (TPSA) is 49.7 Å². The molecule has 0 radical (unpaired) electrons. The number of rotatable bonds is 6. The molecule has 3 nitrogen and oxygen atoms in total. The largest absolute Gasteiger partial charge is 0.393 e. The van der Waals surface area contributed by atoms with Gasteiger partial charge in [0.15, 0.2) is 0 Å². The van der Waals surface area contributed by atoms with Crippen LogP contribution in [0, 0.1) is 0 Å². The SMILES string of the molecule is CC(O)CCOCC[C@H](C)O. The Morgan fingerprint density at radius 1 is 1.00 bits per heavy atom. The molecular formula is C8H18O3. The van der Waals surface area contributed by atoms with Gasteiger partial charge in [0.1, 0.15) is 0 Å². The summed E-state index contributed by atoms with van der Waals surface area (Å²) in [5.41, 5.74) is 0. The van der Waals surface area contributed by atoms with E-state index in [9.17, 15) is 0 Å². The Bertz CT molecular complexity index is 71.4. The van der Waals surface area contributed by atoms with Crippen LogP contribution in [0.5, 0.6) is 0 Å². The molecule has 0 fully saturated rings. The van der Waals surface area contributed by atoms with Gasteiger partial charge < -0.3 is 14.9 Å². The summed E-state index contributed by atoms with van der Waals surface area (Å²) in [5.74, 6) is 0. The zero-order chi connectivity index (χ0) is 8.69. The van der Waals surface area contributed by atoms with Gasteiger partial charge in [0, 0.05) is 13.2 Å². The molecule has 0 heterocycles. The Balaban J connectivity index is 2.91. The second-order valence-electron chi connectivity index (χ2n) is 2.89. The molecule has 68 valence electrons. The maximum atomic E-state index is 8.83. The molecule has 3 heteroatoms. The van der Waals surface area contributed by atoms with Crippen LogP contribution < -0.4 is 0 Å². The summed E-state index contributed by atoms with van der Waals surface area (Å²) >= 11 is 0. The van der Waals surface area contributed by atoms with Crippen molar-refractivity contribution in [2.75, 3.05) is 13.2 Å². The molecule has 11 heavy (non-hydrogen) atoms. The fraction of sp³-hybridized carbons (Fsp3) is 1.00. The second-order valence-corrected chi connectivity index (χ2v) is 2.89. The monoisotopic (exact) mass is 162 g/mol. The third kappa shape index (κ3) is 9.88. The molecule has 0 aromatic heterocycles. The lowest BCUT2D eigenvalue weighted by Crippen LogP contribution is -2.09. The normalized spacial score (nSPS) is 16.4. The Labute approximate surface area is 68.0 Å². The fourth-order valence-electron chi connectivity index (χ4n) is 0.610. The Hall–Kier alpha value is -0.120. The summed E-state index contributed by atoms with van der Waals surface area (Å²) < 4.78 is 5.14. The summed E-state index contributed by atoms with van der Waals surface area (Å²) in [4.78, 5) is 0. The highest BCUT2D eigenvalue weighted by molar-refractivity contribution is 4.47. The molecule has 2 atom stereocenters. The van der Waals surface area contributed by atoms with Gasteiger partial charge in [-0.3, -0.25) is 0 Å². The molecule has 0 spiro atoms. The van der Waals surface area contributed by atoms with Gasteiger partial charge in [-0.15, -0.1) is 0 Å². The van der Waals surface area contributed by atoms with Crippen molar-refractivity contribution in [2.45, 2.75) is 38.9 Å². The Kier molecular flexibility index (Phi) is 6.51. The van der Waals surface area contributed by atoms with Crippen LogP contribution in [0.3, 0.4) is 0 Å². The number of hydrogen-bond donors (Lipinski definition) is 2. The summed E-state index contributed by atoms with van der Waals surface area (Å²) in [7, 11) is 0. The molecule has 0 aliphatic rings. The minimum absolute atomic E-state index is 0.290. The lowest BCUT2D eigenvalue weighted by molar-refractivity contribution is 0.0659. The minimum Gasteiger partial charge on any atom is -0.393 e. The minimum atomic E-state index is -0.290. The molecule has 0 aliphatic carbocycles. The van der Waals surface area contributed by atoms with E-state index in [1.54, 1.807) is 13.8 Å². The fourth-order valence-corrected chi connectivity index (χ4v) is 0.610. The van der Waals surface area contributed by atoms with Gasteiger partial charge in [-0.2, -0.15) is 0 Å². The van der Waals surface area contributed by atoms with E-state index in [1.165, 1.54) is 0 Å². The first kappa shape index (κ1) is 10.9. The average molecular weight is 162 g/mol. The predicted molar refractivity (Wildman–Crippen MR) is 43.4 cm³/mol. The Morgan fingerprint density at radius 2 is 1.36 bits per heavy atom. The number of ether oxygens (including phenoxy) is 1. The van der Waals surface area contributed by atoms with Gasteiger partial charge in [0.2, 0.25) is 0 Å². The van der Waals surface area contributed by atoms with Crippen LogP contribution in [0.25, 0.3) is 0 Å². The smallest absolute Gasteiger partial charge is 0.0534 e. The van der Waals surface area contributed by atoms with Crippen LogP contribution in [0.15, 0.2) is 0 Å². The molecule has 0 bridgehead atoms. The van der Waals surface area contributed by atoms with E-state index >= 15 is 0 Å². The maximum Gasteiger partial charge on any atom is 0.0534 e. The Morgan fingerprint density at radius 3 is 1.64 bits per heavy atom. The highest BCUT2D eigenvalue weighted by atomic mass is 16.5. The first-order valence-electron chi connectivity index (χ1n) is 4.06. The highest BCUT2D eigenvalue weighted by Crippen LogP contribution is 1.93. The number of aliphatic hydroxyl groups excluding tert-OH is 2. The highest BCUT2D eigenvalue weighted by Gasteiger charge is 1.97.